The summed E-state index contributed by atoms with van der Waals surface area (Å²) in [5.74, 6) is -2.25. The molecule has 7 heteroatoms. The van der Waals surface area contributed by atoms with Crippen molar-refractivity contribution in [3.05, 3.63) is 88.1 Å². The molecule has 2 aromatic carbocycles. The Bertz CT molecular complexity index is 1100. The number of para-hydroxylation sites is 1. The van der Waals surface area contributed by atoms with E-state index in [4.69, 9.17) is 0 Å². The summed E-state index contributed by atoms with van der Waals surface area (Å²) in [5.41, 5.74) is -0.0142. The number of carbonyl (C=O) groups excluding carboxylic acids is 2. The lowest BCUT2D eigenvalue weighted by molar-refractivity contribution is -0.127. The molecule has 0 radical (unpaired) electrons. The van der Waals surface area contributed by atoms with Crippen molar-refractivity contribution in [2.45, 2.75) is 50.6 Å². The highest BCUT2D eigenvalue weighted by atomic mass is 32.1. The second-order valence-corrected chi connectivity index (χ2v) is 9.27. The molecular weight excluding hydrogens is 442 g/mol. The average molecular weight is 469 g/mol. The van der Waals surface area contributed by atoms with Gasteiger partial charge in [0.05, 0.1) is 12.1 Å². The fraction of sp³-hybridized carbons (Fsp3) is 0.308. The van der Waals surface area contributed by atoms with Gasteiger partial charge in [-0.2, -0.15) is 0 Å². The first-order chi connectivity index (χ1) is 16.0. The Morgan fingerprint density at radius 3 is 2.30 bits per heavy atom. The third-order valence-corrected chi connectivity index (χ3v) is 6.82. The molecule has 1 aromatic heterocycles. The van der Waals surface area contributed by atoms with Crippen LogP contribution >= 0.6 is 11.3 Å². The van der Waals surface area contributed by atoms with Gasteiger partial charge in [0, 0.05) is 16.5 Å². The van der Waals surface area contributed by atoms with E-state index in [9.17, 15) is 18.4 Å². The van der Waals surface area contributed by atoms with Gasteiger partial charge >= 0.3 is 0 Å². The van der Waals surface area contributed by atoms with E-state index in [2.05, 4.69) is 5.32 Å². The summed E-state index contributed by atoms with van der Waals surface area (Å²) in [7, 11) is 0. The maximum Gasteiger partial charge on any atom is 0.248 e. The molecule has 4 rings (SSSR count). The highest BCUT2D eigenvalue weighted by Crippen LogP contribution is 2.33. The van der Waals surface area contributed by atoms with Gasteiger partial charge in [0.15, 0.2) is 0 Å². The summed E-state index contributed by atoms with van der Waals surface area (Å²) in [5, 5.41) is 4.86. The van der Waals surface area contributed by atoms with Crippen LogP contribution in [0.3, 0.4) is 0 Å². The SMILES string of the molecule is O=C(NC1CCCCC1)C(c1ccccc1F)N(C(=O)Cc1cccs1)c1ccccc1F. The molecule has 1 heterocycles. The van der Waals surface area contributed by atoms with E-state index in [1.54, 1.807) is 12.1 Å². The average Bonchev–Trinajstić information content (AvgIpc) is 3.32. The second kappa shape index (κ2) is 10.7. The number of carbonyl (C=O) groups is 2. The zero-order valence-corrected chi connectivity index (χ0v) is 19.0. The summed E-state index contributed by atoms with van der Waals surface area (Å²) in [6, 6.07) is 13.9. The molecule has 33 heavy (non-hydrogen) atoms. The van der Waals surface area contributed by atoms with Crippen LogP contribution in [0.25, 0.3) is 0 Å². The van der Waals surface area contributed by atoms with Gasteiger partial charge in [-0.15, -0.1) is 11.3 Å². The van der Waals surface area contributed by atoms with Crippen molar-refractivity contribution in [3.63, 3.8) is 0 Å². The van der Waals surface area contributed by atoms with Crippen molar-refractivity contribution >= 4 is 28.8 Å². The molecule has 1 fully saturated rings. The molecule has 0 aliphatic heterocycles. The molecule has 0 bridgehead atoms. The Balaban J connectivity index is 1.78. The van der Waals surface area contributed by atoms with Gasteiger partial charge in [0.1, 0.15) is 17.7 Å². The van der Waals surface area contributed by atoms with Crippen LogP contribution in [0.2, 0.25) is 0 Å². The summed E-state index contributed by atoms with van der Waals surface area (Å²) in [4.78, 5) is 29.1. The van der Waals surface area contributed by atoms with Gasteiger partial charge in [-0.1, -0.05) is 55.7 Å². The highest BCUT2D eigenvalue weighted by molar-refractivity contribution is 7.10. The number of halogens is 2. The molecule has 1 N–H and O–H groups in total. The van der Waals surface area contributed by atoms with Crippen molar-refractivity contribution in [1.82, 2.24) is 5.32 Å². The predicted molar refractivity (Wildman–Crippen MR) is 126 cm³/mol. The predicted octanol–water partition coefficient (Wildman–Crippen LogP) is 5.79. The van der Waals surface area contributed by atoms with Crippen LogP contribution in [-0.2, 0) is 16.0 Å². The number of rotatable bonds is 7. The fourth-order valence-corrected chi connectivity index (χ4v) is 5.03. The Kier molecular flexibility index (Phi) is 7.50. The van der Waals surface area contributed by atoms with Crippen LogP contribution in [0.5, 0.6) is 0 Å². The van der Waals surface area contributed by atoms with Crippen LogP contribution in [0.15, 0.2) is 66.0 Å². The minimum absolute atomic E-state index is 0.0202. The zero-order valence-electron chi connectivity index (χ0n) is 18.2. The number of nitrogens with zero attached hydrogens (tertiary/aromatic N) is 1. The van der Waals surface area contributed by atoms with Gasteiger partial charge in [0.25, 0.3) is 0 Å². The zero-order chi connectivity index (χ0) is 23.2. The summed E-state index contributed by atoms with van der Waals surface area (Å²) in [6.07, 6.45) is 4.77. The van der Waals surface area contributed by atoms with Crippen molar-refractivity contribution < 1.29 is 18.4 Å². The van der Waals surface area contributed by atoms with Crippen LogP contribution in [-0.4, -0.2) is 17.9 Å². The number of hydrogen-bond donors (Lipinski definition) is 1. The van der Waals surface area contributed by atoms with E-state index < -0.39 is 29.5 Å². The van der Waals surface area contributed by atoms with Crippen LogP contribution in [0.1, 0.15) is 48.6 Å². The Hall–Kier alpha value is -3.06. The monoisotopic (exact) mass is 468 g/mol. The molecule has 0 spiro atoms. The molecule has 3 aromatic rings. The Labute approximate surface area is 196 Å². The second-order valence-electron chi connectivity index (χ2n) is 8.24. The number of thiophene rings is 1. The molecule has 1 unspecified atom stereocenters. The molecule has 1 atom stereocenters. The lowest BCUT2D eigenvalue weighted by Crippen LogP contribution is -2.48. The third kappa shape index (κ3) is 5.47. The van der Waals surface area contributed by atoms with Gasteiger partial charge in [-0.3, -0.25) is 14.5 Å². The maximum absolute atomic E-state index is 15.0. The van der Waals surface area contributed by atoms with E-state index in [1.807, 2.05) is 17.5 Å². The number of nitrogens with one attached hydrogen (secondary N) is 1. The molecular formula is C26H26F2N2O2S. The van der Waals surface area contributed by atoms with E-state index in [0.29, 0.717) is 0 Å². The molecule has 2 amide bonds. The van der Waals surface area contributed by atoms with Gasteiger partial charge < -0.3 is 5.32 Å². The van der Waals surface area contributed by atoms with E-state index in [-0.39, 0.29) is 23.7 Å². The van der Waals surface area contributed by atoms with E-state index in [0.717, 1.165) is 41.9 Å². The summed E-state index contributed by atoms with van der Waals surface area (Å²) in [6.45, 7) is 0. The van der Waals surface area contributed by atoms with Crippen molar-refractivity contribution in [1.29, 1.82) is 0 Å². The minimum atomic E-state index is -1.34. The Morgan fingerprint density at radius 2 is 1.64 bits per heavy atom. The third-order valence-electron chi connectivity index (χ3n) is 5.94. The maximum atomic E-state index is 15.0. The number of hydrogen-bond acceptors (Lipinski definition) is 3. The largest absolute Gasteiger partial charge is 0.351 e. The fourth-order valence-electron chi connectivity index (χ4n) is 4.33. The van der Waals surface area contributed by atoms with E-state index >= 15 is 0 Å². The number of amides is 2. The molecule has 1 aliphatic rings. The number of anilines is 1. The quantitative estimate of drug-likeness (QED) is 0.477. The molecule has 1 aliphatic carbocycles. The lowest BCUT2D eigenvalue weighted by atomic mass is 9.94. The first-order valence-electron chi connectivity index (χ1n) is 11.2. The first-order valence-corrected chi connectivity index (χ1v) is 12.1. The van der Waals surface area contributed by atoms with Crippen LogP contribution in [0.4, 0.5) is 14.5 Å². The topological polar surface area (TPSA) is 49.4 Å². The smallest absolute Gasteiger partial charge is 0.248 e. The van der Waals surface area contributed by atoms with Gasteiger partial charge in [-0.25, -0.2) is 8.78 Å². The van der Waals surface area contributed by atoms with Crippen molar-refractivity contribution in [2.24, 2.45) is 0 Å². The number of benzene rings is 2. The molecule has 0 saturated heterocycles. The normalized spacial score (nSPS) is 15.1. The lowest BCUT2D eigenvalue weighted by Gasteiger charge is -2.33. The van der Waals surface area contributed by atoms with Crippen molar-refractivity contribution in [3.8, 4) is 0 Å². The first kappa shape index (κ1) is 23.1. The standard InChI is InChI=1S/C26H26F2N2O2S/c27-21-13-5-4-12-20(21)25(26(32)29-18-9-2-1-3-10-18)30(23-15-7-6-14-22(23)28)24(31)17-19-11-8-16-33-19/h4-8,11-16,18,25H,1-3,9-10,17H2,(H,29,32). The molecule has 4 nitrogen and oxygen atoms in total. The van der Waals surface area contributed by atoms with Crippen molar-refractivity contribution in [2.75, 3.05) is 4.90 Å². The summed E-state index contributed by atoms with van der Waals surface area (Å²) < 4.78 is 29.9. The molecule has 1 saturated carbocycles. The van der Waals surface area contributed by atoms with Crippen LogP contribution < -0.4 is 10.2 Å². The highest BCUT2D eigenvalue weighted by Gasteiger charge is 2.36. The minimum Gasteiger partial charge on any atom is -0.351 e. The van der Waals surface area contributed by atoms with Crippen LogP contribution in [0, 0.1) is 11.6 Å². The van der Waals surface area contributed by atoms with Gasteiger partial charge in [0.2, 0.25) is 11.8 Å². The van der Waals surface area contributed by atoms with Gasteiger partial charge in [-0.05, 0) is 42.5 Å². The molecule has 172 valence electrons. The van der Waals surface area contributed by atoms with E-state index in [1.165, 1.54) is 47.7 Å². The summed E-state index contributed by atoms with van der Waals surface area (Å²) >= 11 is 1.40. The Morgan fingerprint density at radius 1 is 0.939 bits per heavy atom.